The van der Waals surface area contributed by atoms with Gasteiger partial charge in [0.2, 0.25) is 0 Å². The molecule has 1 fully saturated rings. The van der Waals surface area contributed by atoms with E-state index in [-0.39, 0.29) is 0 Å². The highest BCUT2D eigenvalue weighted by molar-refractivity contribution is 5.72. The number of hydrogen-bond donors (Lipinski definition) is 0. The van der Waals surface area contributed by atoms with Gasteiger partial charge in [-0.15, -0.1) is 0 Å². The largest absolute Gasteiger partial charge is 0.378 e. The highest BCUT2D eigenvalue weighted by atomic mass is 16.5. The van der Waals surface area contributed by atoms with Crippen LogP contribution in [0.3, 0.4) is 0 Å². The van der Waals surface area contributed by atoms with Crippen molar-refractivity contribution in [2.75, 3.05) is 26.3 Å². The van der Waals surface area contributed by atoms with Crippen molar-refractivity contribution in [2.24, 2.45) is 0 Å². The van der Waals surface area contributed by atoms with Gasteiger partial charge in [0.15, 0.2) is 0 Å². The van der Waals surface area contributed by atoms with E-state index in [1.807, 2.05) is 49.0 Å². The average Bonchev–Trinajstić information content (AvgIpc) is 2.98. The first kappa shape index (κ1) is 15.3. The molecular formula is C17H23N3O. The van der Waals surface area contributed by atoms with Crippen molar-refractivity contribution in [3.63, 3.8) is 0 Å². The van der Waals surface area contributed by atoms with Gasteiger partial charge in [0.05, 0.1) is 18.9 Å². The van der Waals surface area contributed by atoms with Crippen LogP contribution in [0.25, 0.3) is 11.4 Å². The standard InChI is InChI=1S/C17H23N3O/c1-4-7-15(8-5-2)16-9-10-20(18-16)17(6-3)19-11-13-21-14-12-19/h4-10H,1,11-14H2,2-3H3/b8-5-,15-7+,17-6-. The summed E-state index contributed by atoms with van der Waals surface area (Å²) < 4.78 is 7.34. The molecule has 1 aromatic heterocycles. The fourth-order valence-corrected chi connectivity index (χ4v) is 2.39. The molecule has 1 saturated heterocycles. The van der Waals surface area contributed by atoms with E-state index in [2.05, 4.69) is 17.6 Å². The molecule has 1 aromatic rings. The fraction of sp³-hybridized carbons (Fsp3) is 0.353. The van der Waals surface area contributed by atoms with Gasteiger partial charge in [-0.3, -0.25) is 0 Å². The first-order valence-electron chi connectivity index (χ1n) is 7.31. The molecular weight excluding hydrogens is 262 g/mol. The van der Waals surface area contributed by atoms with E-state index in [1.54, 1.807) is 6.08 Å². The zero-order valence-electron chi connectivity index (χ0n) is 12.8. The summed E-state index contributed by atoms with van der Waals surface area (Å²) >= 11 is 0. The zero-order valence-corrected chi connectivity index (χ0v) is 12.8. The Balaban J connectivity index is 2.25. The first-order valence-corrected chi connectivity index (χ1v) is 7.31. The maximum atomic E-state index is 5.41. The second-order valence-electron chi connectivity index (χ2n) is 4.75. The van der Waals surface area contributed by atoms with Crippen LogP contribution in [0.2, 0.25) is 0 Å². The summed E-state index contributed by atoms with van der Waals surface area (Å²) in [6.07, 6.45) is 11.9. The van der Waals surface area contributed by atoms with E-state index < -0.39 is 0 Å². The number of rotatable bonds is 5. The first-order chi connectivity index (χ1) is 10.3. The minimum Gasteiger partial charge on any atom is -0.378 e. The molecule has 1 aliphatic rings. The summed E-state index contributed by atoms with van der Waals surface area (Å²) in [5.74, 6) is 1.10. The van der Waals surface area contributed by atoms with E-state index >= 15 is 0 Å². The molecule has 112 valence electrons. The lowest BCUT2D eigenvalue weighted by molar-refractivity contribution is 0.0611. The second-order valence-corrected chi connectivity index (χ2v) is 4.75. The molecule has 0 unspecified atom stereocenters. The third kappa shape index (κ3) is 3.73. The lowest BCUT2D eigenvalue weighted by Gasteiger charge is -2.30. The molecule has 0 N–H and O–H groups in total. The monoisotopic (exact) mass is 285 g/mol. The number of aromatic nitrogens is 2. The molecule has 21 heavy (non-hydrogen) atoms. The van der Waals surface area contributed by atoms with E-state index in [9.17, 15) is 0 Å². The maximum absolute atomic E-state index is 5.41. The quantitative estimate of drug-likeness (QED) is 0.778. The van der Waals surface area contributed by atoms with Crippen molar-refractivity contribution in [3.8, 4) is 0 Å². The molecule has 1 aliphatic heterocycles. The summed E-state index contributed by atoms with van der Waals surface area (Å²) in [5, 5.41) is 4.69. The minimum atomic E-state index is 0.769. The van der Waals surface area contributed by atoms with E-state index in [0.29, 0.717) is 0 Å². The van der Waals surface area contributed by atoms with Gasteiger partial charge in [0.1, 0.15) is 5.82 Å². The van der Waals surface area contributed by atoms with Crippen molar-refractivity contribution >= 4 is 11.4 Å². The highest BCUT2D eigenvalue weighted by Gasteiger charge is 2.15. The molecule has 0 spiro atoms. The number of hydrogen-bond acceptors (Lipinski definition) is 3. The molecule has 0 atom stereocenters. The van der Waals surface area contributed by atoms with Crippen LogP contribution in [0.1, 0.15) is 19.5 Å². The SMILES string of the molecule is C=C/C=C(\C=C/C)c1ccn(/C(=C\C)N2CCOCC2)n1. The van der Waals surface area contributed by atoms with Gasteiger partial charge in [-0.2, -0.15) is 5.10 Å². The van der Waals surface area contributed by atoms with Crippen LogP contribution in [0.15, 0.2) is 49.2 Å². The Labute approximate surface area is 126 Å². The van der Waals surface area contributed by atoms with Crippen LogP contribution in [0.4, 0.5) is 0 Å². The van der Waals surface area contributed by atoms with Crippen molar-refractivity contribution in [3.05, 3.63) is 54.9 Å². The lowest BCUT2D eigenvalue weighted by Crippen LogP contribution is -2.36. The smallest absolute Gasteiger partial charge is 0.125 e. The normalized spacial score (nSPS) is 17.5. The van der Waals surface area contributed by atoms with Crippen LogP contribution in [-0.2, 0) is 4.74 Å². The summed E-state index contributed by atoms with van der Waals surface area (Å²) in [6, 6.07) is 2.03. The van der Waals surface area contributed by atoms with E-state index in [1.165, 1.54) is 0 Å². The average molecular weight is 285 g/mol. The number of allylic oxidation sites excluding steroid dienone is 6. The molecule has 4 heteroatoms. The lowest BCUT2D eigenvalue weighted by atomic mass is 10.1. The van der Waals surface area contributed by atoms with Gasteiger partial charge in [-0.1, -0.05) is 30.9 Å². The van der Waals surface area contributed by atoms with Gasteiger partial charge in [0.25, 0.3) is 0 Å². The third-order valence-electron chi connectivity index (χ3n) is 3.36. The van der Waals surface area contributed by atoms with E-state index in [0.717, 1.165) is 43.4 Å². The molecule has 0 aliphatic carbocycles. The number of nitrogens with zero attached hydrogens (tertiary/aromatic N) is 3. The van der Waals surface area contributed by atoms with Crippen LogP contribution >= 0.6 is 0 Å². The zero-order chi connectivity index (χ0) is 15.1. The maximum Gasteiger partial charge on any atom is 0.125 e. The molecule has 2 heterocycles. The van der Waals surface area contributed by atoms with Crippen molar-refractivity contribution in [1.29, 1.82) is 0 Å². The van der Waals surface area contributed by atoms with Gasteiger partial charge in [-0.25, -0.2) is 4.68 Å². The van der Waals surface area contributed by atoms with Crippen molar-refractivity contribution in [2.45, 2.75) is 13.8 Å². The minimum absolute atomic E-state index is 0.769. The Kier molecular flexibility index (Phi) is 5.58. The number of morpholine rings is 1. The van der Waals surface area contributed by atoms with Gasteiger partial charge >= 0.3 is 0 Å². The van der Waals surface area contributed by atoms with Gasteiger partial charge in [0, 0.05) is 24.9 Å². The molecule has 0 radical (unpaired) electrons. The number of ether oxygens (including phenoxy) is 1. The van der Waals surface area contributed by atoms with Crippen LogP contribution in [0, 0.1) is 0 Å². The van der Waals surface area contributed by atoms with Crippen molar-refractivity contribution < 1.29 is 4.74 Å². The molecule has 0 bridgehead atoms. The summed E-state index contributed by atoms with van der Waals surface area (Å²) in [4.78, 5) is 2.30. The van der Waals surface area contributed by atoms with Crippen LogP contribution in [0.5, 0.6) is 0 Å². The third-order valence-corrected chi connectivity index (χ3v) is 3.36. The highest BCUT2D eigenvalue weighted by Crippen LogP contribution is 2.18. The van der Waals surface area contributed by atoms with Crippen molar-refractivity contribution in [1.82, 2.24) is 14.7 Å². The van der Waals surface area contributed by atoms with E-state index in [4.69, 9.17) is 9.84 Å². The molecule has 0 aromatic carbocycles. The Bertz CT molecular complexity index is 560. The predicted molar refractivity (Wildman–Crippen MR) is 87.6 cm³/mol. The predicted octanol–water partition coefficient (Wildman–Crippen LogP) is 3.18. The second kappa shape index (κ2) is 7.64. The summed E-state index contributed by atoms with van der Waals surface area (Å²) in [5.41, 5.74) is 2.00. The fourth-order valence-electron chi connectivity index (χ4n) is 2.39. The Morgan fingerprint density at radius 1 is 1.33 bits per heavy atom. The van der Waals surface area contributed by atoms with Gasteiger partial charge in [-0.05, 0) is 26.0 Å². The van der Waals surface area contributed by atoms with Gasteiger partial charge < -0.3 is 9.64 Å². The summed E-state index contributed by atoms with van der Waals surface area (Å²) in [7, 11) is 0. The molecule has 0 amide bonds. The molecule has 4 nitrogen and oxygen atoms in total. The molecule has 0 saturated carbocycles. The Morgan fingerprint density at radius 3 is 2.71 bits per heavy atom. The topological polar surface area (TPSA) is 30.3 Å². The van der Waals surface area contributed by atoms with Crippen LogP contribution < -0.4 is 0 Å². The Hall–Kier alpha value is -2.07. The summed E-state index contributed by atoms with van der Waals surface area (Å²) in [6.45, 7) is 11.1. The molecule has 2 rings (SSSR count). The Morgan fingerprint density at radius 2 is 2.10 bits per heavy atom. The van der Waals surface area contributed by atoms with Crippen LogP contribution in [-0.4, -0.2) is 41.0 Å².